The van der Waals surface area contributed by atoms with Gasteiger partial charge < -0.3 is 10.2 Å². The lowest BCUT2D eigenvalue weighted by atomic mass is 10.0. The van der Waals surface area contributed by atoms with Gasteiger partial charge in [-0.15, -0.1) is 11.3 Å². The molecule has 0 aliphatic heterocycles. The molecule has 0 aliphatic rings. The number of carboxylic acids is 1. The van der Waals surface area contributed by atoms with Crippen molar-refractivity contribution in [3.8, 4) is 0 Å². The largest absolute Gasteiger partial charge is 0.479 e. The van der Waals surface area contributed by atoms with Crippen LogP contribution in [0, 0.1) is 0 Å². The second kappa shape index (κ2) is 4.21. The number of aliphatic hydroxyl groups excluding tert-OH is 1. The molecule has 72 valence electrons. The van der Waals surface area contributed by atoms with Crippen LogP contribution < -0.4 is 0 Å². The molecule has 0 fully saturated rings. The zero-order valence-electron chi connectivity index (χ0n) is 6.90. The normalized spacial score (nSPS) is 15.3. The van der Waals surface area contributed by atoms with Gasteiger partial charge in [-0.2, -0.15) is 0 Å². The minimum Gasteiger partial charge on any atom is -0.479 e. The molecule has 5 heteroatoms. The van der Waals surface area contributed by atoms with Crippen molar-refractivity contribution >= 4 is 33.2 Å². The van der Waals surface area contributed by atoms with E-state index >= 15 is 0 Å². The summed E-state index contributed by atoms with van der Waals surface area (Å²) in [6.07, 6.45) is -1.33. The monoisotopic (exact) mass is 264 g/mol. The van der Waals surface area contributed by atoms with Crippen molar-refractivity contribution in [3.63, 3.8) is 0 Å². The molecule has 0 amide bonds. The number of carbonyl (C=O) groups is 1. The first-order valence-electron chi connectivity index (χ1n) is 3.68. The molecule has 13 heavy (non-hydrogen) atoms. The number of hydrogen-bond acceptors (Lipinski definition) is 3. The molecule has 0 aromatic carbocycles. The van der Waals surface area contributed by atoms with Gasteiger partial charge in [0.15, 0.2) is 6.10 Å². The van der Waals surface area contributed by atoms with Gasteiger partial charge >= 0.3 is 5.97 Å². The molecule has 0 saturated heterocycles. The van der Waals surface area contributed by atoms with Gasteiger partial charge in [0.2, 0.25) is 0 Å². The Bertz CT molecular complexity index is 310. The Kier molecular flexibility index (Phi) is 3.47. The Morgan fingerprint density at radius 3 is 2.62 bits per heavy atom. The first-order valence-corrected chi connectivity index (χ1v) is 5.29. The molecule has 3 nitrogen and oxygen atoms in total. The Morgan fingerprint density at radius 1 is 1.62 bits per heavy atom. The van der Waals surface area contributed by atoms with E-state index in [1.807, 2.05) is 12.1 Å². The molecule has 0 radical (unpaired) electrons. The predicted octanol–water partition coefficient (Wildman–Crippen LogP) is 2.06. The van der Waals surface area contributed by atoms with Gasteiger partial charge in [-0.3, -0.25) is 0 Å². The Labute approximate surface area is 88.1 Å². The van der Waals surface area contributed by atoms with Crippen molar-refractivity contribution in [1.82, 2.24) is 0 Å². The highest BCUT2D eigenvalue weighted by Crippen LogP contribution is 2.30. The maximum Gasteiger partial charge on any atom is 0.333 e. The van der Waals surface area contributed by atoms with E-state index in [1.165, 1.54) is 11.3 Å². The van der Waals surface area contributed by atoms with E-state index in [0.717, 1.165) is 8.66 Å². The average Bonchev–Trinajstić information content (AvgIpc) is 2.49. The summed E-state index contributed by atoms with van der Waals surface area (Å²) < 4.78 is 0.937. The summed E-state index contributed by atoms with van der Waals surface area (Å²) >= 11 is 4.71. The molecule has 0 spiro atoms. The zero-order chi connectivity index (χ0) is 10.0. The molecular formula is C8H9BrO3S. The van der Waals surface area contributed by atoms with Crippen molar-refractivity contribution in [2.24, 2.45) is 0 Å². The van der Waals surface area contributed by atoms with Crippen molar-refractivity contribution in [2.75, 3.05) is 0 Å². The van der Waals surface area contributed by atoms with Gasteiger partial charge in [0, 0.05) is 10.8 Å². The highest BCUT2D eigenvalue weighted by Gasteiger charge is 2.23. The van der Waals surface area contributed by atoms with Gasteiger partial charge in [-0.05, 0) is 28.1 Å². The van der Waals surface area contributed by atoms with E-state index in [1.54, 1.807) is 6.92 Å². The van der Waals surface area contributed by atoms with Crippen molar-refractivity contribution in [2.45, 2.75) is 18.9 Å². The van der Waals surface area contributed by atoms with E-state index in [0.29, 0.717) is 0 Å². The molecular weight excluding hydrogens is 256 g/mol. The van der Waals surface area contributed by atoms with Gasteiger partial charge in [0.25, 0.3) is 0 Å². The fourth-order valence-corrected chi connectivity index (χ4v) is 2.45. The fourth-order valence-electron chi connectivity index (χ4n) is 0.942. The standard InChI is InChI=1S/C8H9BrO3S/c1-4(7(10)8(11)12)5-2-3-6(9)13-5/h2-4,7,10H,1H3,(H,11,12). The van der Waals surface area contributed by atoms with Crippen LogP contribution in [0.1, 0.15) is 17.7 Å². The van der Waals surface area contributed by atoms with Crippen LogP contribution in [0.2, 0.25) is 0 Å². The van der Waals surface area contributed by atoms with Gasteiger partial charge in [0.05, 0.1) is 3.79 Å². The van der Waals surface area contributed by atoms with E-state index in [9.17, 15) is 9.90 Å². The van der Waals surface area contributed by atoms with Crippen LogP contribution in [-0.4, -0.2) is 22.3 Å². The summed E-state index contributed by atoms with van der Waals surface area (Å²) in [5, 5.41) is 17.8. The summed E-state index contributed by atoms with van der Waals surface area (Å²) in [7, 11) is 0. The fraction of sp³-hybridized carbons (Fsp3) is 0.375. The topological polar surface area (TPSA) is 57.5 Å². The van der Waals surface area contributed by atoms with Crippen LogP contribution in [0.4, 0.5) is 0 Å². The second-order valence-electron chi connectivity index (χ2n) is 2.71. The number of rotatable bonds is 3. The first-order chi connectivity index (χ1) is 6.02. The quantitative estimate of drug-likeness (QED) is 0.879. The molecule has 2 N–H and O–H groups in total. The van der Waals surface area contributed by atoms with Crippen LogP contribution in [-0.2, 0) is 4.79 Å². The molecule has 1 rings (SSSR count). The third-order valence-corrected chi connectivity index (χ3v) is 3.59. The minimum absolute atomic E-state index is 0.367. The first kappa shape index (κ1) is 10.7. The molecule has 0 bridgehead atoms. The number of aliphatic carboxylic acids is 1. The lowest BCUT2D eigenvalue weighted by Gasteiger charge is -2.12. The molecule has 0 saturated carbocycles. The van der Waals surface area contributed by atoms with E-state index in [4.69, 9.17) is 5.11 Å². The Morgan fingerprint density at radius 2 is 2.23 bits per heavy atom. The Balaban J connectivity index is 2.78. The summed E-state index contributed by atoms with van der Waals surface area (Å²) in [6.45, 7) is 1.69. The molecule has 2 unspecified atom stereocenters. The van der Waals surface area contributed by atoms with Gasteiger partial charge in [-0.1, -0.05) is 6.92 Å². The van der Waals surface area contributed by atoms with Crippen LogP contribution in [0.15, 0.2) is 15.9 Å². The van der Waals surface area contributed by atoms with Crippen LogP contribution in [0.5, 0.6) is 0 Å². The SMILES string of the molecule is CC(c1ccc(Br)s1)C(O)C(=O)O. The predicted molar refractivity (Wildman–Crippen MR) is 54.1 cm³/mol. The van der Waals surface area contributed by atoms with Crippen LogP contribution in [0.25, 0.3) is 0 Å². The highest BCUT2D eigenvalue weighted by atomic mass is 79.9. The van der Waals surface area contributed by atoms with Crippen molar-refractivity contribution < 1.29 is 15.0 Å². The lowest BCUT2D eigenvalue weighted by molar-refractivity contribution is -0.147. The second-order valence-corrected chi connectivity index (χ2v) is 5.21. The smallest absolute Gasteiger partial charge is 0.333 e. The van der Waals surface area contributed by atoms with Crippen LogP contribution >= 0.6 is 27.3 Å². The molecule has 1 heterocycles. The molecule has 2 atom stereocenters. The Hall–Kier alpha value is -0.390. The summed E-state index contributed by atoms with van der Waals surface area (Å²) in [6, 6.07) is 3.65. The van der Waals surface area contributed by atoms with Crippen molar-refractivity contribution in [3.05, 3.63) is 20.8 Å². The van der Waals surface area contributed by atoms with E-state index in [-0.39, 0.29) is 5.92 Å². The molecule has 1 aromatic heterocycles. The third kappa shape index (κ3) is 2.52. The number of carboxylic acid groups (broad SMARTS) is 1. The summed E-state index contributed by atoms with van der Waals surface area (Å²) in [5.74, 6) is -1.55. The van der Waals surface area contributed by atoms with E-state index < -0.39 is 12.1 Å². The zero-order valence-corrected chi connectivity index (χ0v) is 9.30. The van der Waals surface area contributed by atoms with Crippen molar-refractivity contribution in [1.29, 1.82) is 0 Å². The van der Waals surface area contributed by atoms with Gasteiger partial charge in [0.1, 0.15) is 0 Å². The number of aliphatic hydroxyl groups is 1. The lowest BCUT2D eigenvalue weighted by Crippen LogP contribution is -2.25. The maximum absolute atomic E-state index is 10.5. The molecule has 1 aromatic rings. The van der Waals surface area contributed by atoms with Crippen LogP contribution in [0.3, 0.4) is 0 Å². The summed E-state index contributed by atoms with van der Waals surface area (Å²) in [4.78, 5) is 11.3. The maximum atomic E-state index is 10.5. The minimum atomic E-state index is -1.33. The third-order valence-electron chi connectivity index (χ3n) is 1.77. The summed E-state index contributed by atoms with van der Waals surface area (Å²) in [5.41, 5.74) is 0. The number of thiophene rings is 1. The number of halogens is 1. The highest BCUT2D eigenvalue weighted by molar-refractivity contribution is 9.11. The molecule has 0 aliphatic carbocycles. The van der Waals surface area contributed by atoms with Gasteiger partial charge in [-0.25, -0.2) is 4.79 Å². The number of hydrogen-bond donors (Lipinski definition) is 2. The average molecular weight is 265 g/mol. The van der Waals surface area contributed by atoms with E-state index in [2.05, 4.69) is 15.9 Å².